The van der Waals surface area contributed by atoms with Crippen LogP contribution in [0.2, 0.25) is 0 Å². The second kappa shape index (κ2) is 5.99. The van der Waals surface area contributed by atoms with Crippen molar-refractivity contribution < 1.29 is 5.11 Å². The van der Waals surface area contributed by atoms with E-state index in [1.807, 2.05) is 0 Å². The average molecular weight is 228 g/mol. The third kappa shape index (κ3) is 4.04. The summed E-state index contributed by atoms with van der Waals surface area (Å²) in [7, 11) is 4.20. The van der Waals surface area contributed by atoms with E-state index in [2.05, 4.69) is 38.2 Å². The van der Waals surface area contributed by atoms with E-state index in [9.17, 15) is 5.11 Å². The molecule has 0 heterocycles. The summed E-state index contributed by atoms with van der Waals surface area (Å²) in [5.74, 6) is 0. The number of rotatable bonds is 4. The van der Waals surface area contributed by atoms with Crippen LogP contribution in [0.15, 0.2) is 0 Å². The molecule has 0 aromatic carbocycles. The third-order valence-electron chi connectivity index (χ3n) is 3.99. The minimum atomic E-state index is -0.152. The molecule has 0 aromatic rings. The number of aliphatic hydroxyl groups is 1. The lowest BCUT2D eigenvalue weighted by Crippen LogP contribution is -2.51. The van der Waals surface area contributed by atoms with Gasteiger partial charge < -0.3 is 15.3 Å². The second-order valence-electron chi connectivity index (χ2n) is 5.90. The normalized spacial score (nSPS) is 28.1. The molecule has 0 saturated heterocycles. The van der Waals surface area contributed by atoms with Crippen LogP contribution in [0.1, 0.15) is 46.0 Å². The van der Waals surface area contributed by atoms with Gasteiger partial charge in [-0.15, -0.1) is 0 Å². The van der Waals surface area contributed by atoms with Crippen LogP contribution in [-0.2, 0) is 0 Å². The van der Waals surface area contributed by atoms with E-state index in [0.717, 1.165) is 19.4 Å². The minimum Gasteiger partial charge on any atom is -0.392 e. The highest BCUT2D eigenvalue weighted by Crippen LogP contribution is 2.19. The summed E-state index contributed by atoms with van der Waals surface area (Å²) in [5, 5.41) is 13.5. The monoisotopic (exact) mass is 228 g/mol. The summed E-state index contributed by atoms with van der Waals surface area (Å²) in [6.07, 6.45) is 5.62. The molecule has 0 amide bonds. The Bertz CT molecular complexity index is 204. The second-order valence-corrected chi connectivity index (χ2v) is 5.90. The Morgan fingerprint density at radius 3 is 2.44 bits per heavy atom. The zero-order chi connectivity index (χ0) is 12.2. The fraction of sp³-hybridized carbons (Fsp3) is 1.00. The van der Waals surface area contributed by atoms with E-state index < -0.39 is 0 Å². The van der Waals surface area contributed by atoms with Crippen LogP contribution in [0.25, 0.3) is 0 Å². The van der Waals surface area contributed by atoms with Crippen molar-refractivity contribution in [1.82, 2.24) is 10.2 Å². The molecule has 0 spiro atoms. The van der Waals surface area contributed by atoms with E-state index in [4.69, 9.17) is 0 Å². The van der Waals surface area contributed by atoms with E-state index in [1.54, 1.807) is 0 Å². The lowest BCUT2D eigenvalue weighted by Gasteiger charge is -2.35. The minimum absolute atomic E-state index is 0.145. The number of hydrogen-bond donors (Lipinski definition) is 2. The Balaban J connectivity index is 2.40. The van der Waals surface area contributed by atoms with Crippen molar-refractivity contribution in [3.63, 3.8) is 0 Å². The molecule has 3 nitrogen and oxygen atoms in total. The van der Waals surface area contributed by atoms with Crippen LogP contribution in [0.5, 0.6) is 0 Å². The van der Waals surface area contributed by atoms with Crippen molar-refractivity contribution in [2.75, 3.05) is 20.6 Å². The zero-order valence-electron chi connectivity index (χ0n) is 11.3. The number of likely N-dealkylation sites (N-methyl/N-ethyl adjacent to an activating group) is 1. The predicted octanol–water partition coefficient (Wildman–Crippen LogP) is 1.61. The molecule has 0 aromatic heterocycles. The summed E-state index contributed by atoms with van der Waals surface area (Å²) in [4.78, 5) is 2.23. The Kier molecular flexibility index (Phi) is 5.22. The largest absolute Gasteiger partial charge is 0.392 e. The molecule has 0 radical (unpaired) electrons. The zero-order valence-corrected chi connectivity index (χ0v) is 11.3. The molecule has 2 N–H and O–H groups in total. The van der Waals surface area contributed by atoms with Gasteiger partial charge in [0.25, 0.3) is 0 Å². The van der Waals surface area contributed by atoms with Crippen LogP contribution >= 0.6 is 0 Å². The highest BCUT2D eigenvalue weighted by atomic mass is 16.3. The van der Waals surface area contributed by atoms with Crippen LogP contribution < -0.4 is 5.32 Å². The molecule has 1 fully saturated rings. The molecule has 96 valence electrons. The molecule has 1 saturated carbocycles. The van der Waals surface area contributed by atoms with Gasteiger partial charge in [0, 0.05) is 18.1 Å². The molecule has 0 bridgehead atoms. The Labute approximate surface area is 100 Å². The molecule has 1 aliphatic rings. The number of aliphatic hydroxyl groups excluding tert-OH is 1. The van der Waals surface area contributed by atoms with Gasteiger partial charge in [0.05, 0.1) is 6.10 Å². The molecule has 0 aliphatic heterocycles. The first-order valence-electron chi connectivity index (χ1n) is 6.52. The average Bonchev–Trinajstić information content (AvgIpc) is 2.40. The Morgan fingerprint density at radius 1 is 1.19 bits per heavy atom. The van der Waals surface area contributed by atoms with Gasteiger partial charge in [-0.1, -0.05) is 19.3 Å². The number of nitrogens with one attached hydrogen (secondary N) is 1. The van der Waals surface area contributed by atoms with Crippen LogP contribution in [0.3, 0.4) is 0 Å². The van der Waals surface area contributed by atoms with Crippen molar-refractivity contribution in [1.29, 1.82) is 0 Å². The lowest BCUT2D eigenvalue weighted by atomic mass is 10.0. The smallest absolute Gasteiger partial charge is 0.0693 e. The van der Waals surface area contributed by atoms with Crippen LogP contribution in [0, 0.1) is 0 Å². The van der Waals surface area contributed by atoms with Gasteiger partial charge in [-0.05, 0) is 40.8 Å². The molecule has 2 atom stereocenters. The van der Waals surface area contributed by atoms with Crippen molar-refractivity contribution in [3.05, 3.63) is 0 Å². The molecule has 1 rings (SSSR count). The van der Waals surface area contributed by atoms with Gasteiger partial charge in [0.2, 0.25) is 0 Å². The molecular weight excluding hydrogens is 200 g/mol. The Morgan fingerprint density at radius 2 is 1.81 bits per heavy atom. The maximum atomic E-state index is 10.0. The third-order valence-corrected chi connectivity index (χ3v) is 3.99. The summed E-state index contributed by atoms with van der Waals surface area (Å²) >= 11 is 0. The van der Waals surface area contributed by atoms with Gasteiger partial charge in [0.15, 0.2) is 0 Å². The van der Waals surface area contributed by atoms with Crippen molar-refractivity contribution in [2.45, 2.75) is 63.6 Å². The molecule has 3 heteroatoms. The fourth-order valence-corrected chi connectivity index (χ4v) is 2.07. The van der Waals surface area contributed by atoms with E-state index in [0.29, 0.717) is 6.04 Å². The van der Waals surface area contributed by atoms with Crippen molar-refractivity contribution >= 4 is 0 Å². The van der Waals surface area contributed by atoms with Gasteiger partial charge in [0.1, 0.15) is 0 Å². The highest BCUT2D eigenvalue weighted by Gasteiger charge is 2.25. The number of nitrogens with zero attached hydrogens (tertiary/aromatic N) is 1. The van der Waals surface area contributed by atoms with Gasteiger partial charge in [-0.25, -0.2) is 0 Å². The van der Waals surface area contributed by atoms with Gasteiger partial charge in [-0.3, -0.25) is 0 Å². The SMILES string of the molecule is CN(C)C(C)(C)CNC1CCCCCC1O. The summed E-state index contributed by atoms with van der Waals surface area (Å²) in [5.41, 5.74) is 0.145. The van der Waals surface area contributed by atoms with Crippen molar-refractivity contribution in [3.8, 4) is 0 Å². The molecule has 1 aliphatic carbocycles. The van der Waals surface area contributed by atoms with Crippen LogP contribution in [-0.4, -0.2) is 48.3 Å². The van der Waals surface area contributed by atoms with E-state index >= 15 is 0 Å². The van der Waals surface area contributed by atoms with Gasteiger partial charge in [-0.2, -0.15) is 0 Å². The Hall–Kier alpha value is -0.120. The maximum absolute atomic E-state index is 10.0. The van der Waals surface area contributed by atoms with Crippen molar-refractivity contribution in [2.24, 2.45) is 0 Å². The van der Waals surface area contributed by atoms with Crippen LogP contribution in [0.4, 0.5) is 0 Å². The molecule has 16 heavy (non-hydrogen) atoms. The summed E-state index contributed by atoms with van der Waals surface area (Å²) in [6, 6.07) is 0.293. The first kappa shape index (κ1) is 13.9. The van der Waals surface area contributed by atoms with Gasteiger partial charge >= 0.3 is 0 Å². The maximum Gasteiger partial charge on any atom is 0.0693 e. The van der Waals surface area contributed by atoms with E-state index in [-0.39, 0.29) is 11.6 Å². The van der Waals surface area contributed by atoms with E-state index in [1.165, 1.54) is 19.3 Å². The lowest BCUT2D eigenvalue weighted by molar-refractivity contribution is 0.105. The highest BCUT2D eigenvalue weighted by molar-refractivity contribution is 4.85. The first-order valence-corrected chi connectivity index (χ1v) is 6.52. The first-order chi connectivity index (χ1) is 7.43. The quantitative estimate of drug-likeness (QED) is 0.718. The summed E-state index contributed by atoms with van der Waals surface area (Å²) < 4.78 is 0. The topological polar surface area (TPSA) is 35.5 Å². The standard InChI is InChI=1S/C13H28N2O/c1-13(2,15(3)4)10-14-11-8-6-5-7-9-12(11)16/h11-12,14,16H,5-10H2,1-4H3. The summed E-state index contributed by atoms with van der Waals surface area (Å²) in [6.45, 7) is 5.38. The number of hydrogen-bond acceptors (Lipinski definition) is 3. The fourth-order valence-electron chi connectivity index (χ4n) is 2.07. The molecular formula is C13H28N2O. The molecule has 2 unspecified atom stereocenters. The predicted molar refractivity (Wildman–Crippen MR) is 68.6 cm³/mol.